The molecule has 3 N–H and O–H groups in total. The van der Waals surface area contributed by atoms with E-state index >= 15 is 0 Å². The van der Waals surface area contributed by atoms with E-state index in [1.165, 1.54) is 12.1 Å². The van der Waals surface area contributed by atoms with Gasteiger partial charge in [-0.05, 0) is 56.2 Å². The number of carbonyl (C=O) groups is 1. The van der Waals surface area contributed by atoms with E-state index in [1.54, 1.807) is 14.0 Å². The number of hydrogen-bond donors (Lipinski definition) is 3. The minimum absolute atomic E-state index is 0.296. The highest BCUT2D eigenvalue weighted by Gasteiger charge is 2.44. The summed E-state index contributed by atoms with van der Waals surface area (Å²) < 4.78 is 34.1. The number of ether oxygens (including phenoxy) is 1. The maximum Gasteiger partial charge on any atom is 0.339 e. The number of sulfonamides is 1. The molecule has 26 heavy (non-hydrogen) atoms. The number of fused-ring (bicyclic) bond motifs is 2. The van der Waals surface area contributed by atoms with Crippen LogP contribution in [0.1, 0.15) is 54.4 Å². The highest BCUT2D eigenvalue weighted by molar-refractivity contribution is 7.89. The molecular formula is C18H25NO6S. The fourth-order valence-corrected chi connectivity index (χ4v) is 5.97. The van der Waals surface area contributed by atoms with Gasteiger partial charge in [-0.2, -0.15) is 0 Å². The van der Waals surface area contributed by atoms with Crippen molar-refractivity contribution in [3.63, 3.8) is 0 Å². The molecular weight excluding hydrogens is 358 g/mol. The van der Waals surface area contributed by atoms with Gasteiger partial charge in [-0.25, -0.2) is 17.9 Å². The second kappa shape index (κ2) is 6.83. The van der Waals surface area contributed by atoms with E-state index in [4.69, 9.17) is 4.74 Å². The maximum absolute atomic E-state index is 12.9. The predicted octanol–water partition coefficient (Wildman–Crippen LogP) is 2.41. The summed E-state index contributed by atoms with van der Waals surface area (Å²) in [6, 6.07) is 2.24. The average molecular weight is 383 g/mol. The molecule has 0 aliphatic heterocycles. The monoisotopic (exact) mass is 383 g/mol. The fraction of sp³-hybridized carbons (Fsp3) is 0.611. The molecule has 0 heterocycles. The molecule has 2 fully saturated rings. The second-order valence-electron chi connectivity index (χ2n) is 7.57. The van der Waals surface area contributed by atoms with Gasteiger partial charge in [0.05, 0.1) is 5.60 Å². The van der Waals surface area contributed by atoms with E-state index in [0.29, 0.717) is 17.9 Å². The molecule has 0 saturated heterocycles. The Bertz CT molecular complexity index is 821. The lowest BCUT2D eigenvalue weighted by molar-refractivity contribution is -0.0867. The standard InChI is InChI=1S/C18H25NO6S/c1-11-6-14(17(21)22)16(20)15(7-11)26(23,24)19-13-8-12-4-3-5-18(9-12,10-13)25-2/h6-7,12-13,19-20H,3-5,8-10H2,1-2H3,(H,21,22)/t12-,13-,18+/m1/s1. The number of hydrogen-bond acceptors (Lipinski definition) is 5. The molecule has 0 radical (unpaired) electrons. The highest BCUT2D eigenvalue weighted by Crippen LogP contribution is 2.45. The molecule has 2 aliphatic rings. The fourth-order valence-electron chi connectivity index (χ4n) is 4.52. The molecule has 2 aliphatic carbocycles. The number of aromatic carboxylic acids is 1. The van der Waals surface area contributed by atoms with Crippen molar-refractivity contribution in [3.8, 4) is 5.75 Å². The van der Waals surface area contributed by atoms with Gasteiger partial charge in [0.1, 0.15) is 16.2 Å². The van der Waals surface area contributed by atoms with Crippen LogP contribution in [0.5, 0.6) is 5.75 Å². The number of methoxy groups -OCH3 is 1. The summed E-state index contributed by atoms with van der Waals surface area (Å²) in [5, 5.41) is 19.4. The Morgan fingerprint density at radius 1 is 1.35 bits per heavy atom. The first kappa shape index (κ1) is 19.1. The summed E-state index contributed by atoms with van der Waals surface area (Å²) in [6.07, 6.45) is 5.30. The number of benzene rings is 1. The Balaban J connectivity index is 1.89. The molecule has 3 rings (SSSR count). The van der Waals surface area contributed by atoms with Crippen molar-refractivity contribution < 1.29 is 28.2 Å². The van der Waals surface area contributed by atoms with Crippen LogP contribution in [-0.4, -0.2) is 43.4 Å². The molecule has 0 spiro atoms. The van der Waals surface area contributed by atoms with Crippen molar-refractivity contribution in [2.24, 2.45) is 5.92 Å². The molecule has 2 saturated carbocycles. The van der Waals surface area contributed by atoms with Gasteiger partial charge < -0.3 is 14.9 Å². The van der Waals surface area contributed by atoms with Crippen molar-refractivity contribution in [1.82, 2.24) is 4.72 Å². The van der Waals surface area contributed by atoms with Crippen molar-refractivity contribution in [3.05, 3.63) is 23.3 Å². The third-order valence-electron chi connectivity index (χ3n) is 5.64. The molecule has 3 atom stereocenters. The quantitative estimate of drug-likeness (QED) is 0.720. The van der Waals surface area contributed by atoms with Gasteiger partial charge in [0.2, 0.25) is 10.0 Å². The Hall–Kier alpha value is -1.64. The van der Waals surface area contributed by atoms with Gasteiger partial charge in [-0.3, -0.25) is 0 Å². The smallest absolute Gasteiger partial charge is 0.339 e. The first-order chi connectivity index (χ1) is 12.2. The zero-order valence-corrected chi connectivity index (χ0v) is 15.8. The minimum atomic E-state index is -4.05. The summed E-state index contributed by atoms with van der Waals surface area (Å²) in [6.45, 7) is 1.59. The Morgan fingerprint density at radius 2 is 2.08 bits per heavy atom. The van der Waals surface area contributed by atoms with Crippen molar-refractivity contribution in [1.29, 1.82) is 0 Å². The Labute approximate surface area is 153 Å². The number of phenols is 1. The van der Waals surface area contributed by atoms with E-state index in [-0.39, 0.29) is 11.6 Å². The number of nitrogens with one attached hydrogen (secondary N) is 1. The van der Waals surface area contributed by atoms with E-state index in [0.717, 1.165) is 32.1 Å². The average Bonchev–Trinajstić information content (AvgIpc) is 2.55. The van der Waals surface area contributed by atoms with Gasteiger partial charge in [0.25, 0.3) is 0 Å². The number of carboxylic acid groups (broad SMARTS) is 1. The Morgan fingerprint density at radius 3 is 2.73 bits per heavy atom. The molecule has 144 valence electrons. The number of rotatable bonds is 5. The summed E-state index contributed by atoms with van der Waals surface area (Å²) in [7, 11) is -2.38. The number of aryl methyl sites for hydroxylation is 1. The van der Waals surface area contributed by atoms with Gasteiger partial charge in [0.15, 0.2) is 0 Å². The third kappa shape index (κ3) is 3.58. The van der Waals surface area contributed by atoms with Crippen LogP contribution >= 0.6 is 0 Å². The molecule has 0 aromatic heterocycles. The van der Waals surface area contributed by atoms with Crippen LogP contribution in [0.4, 0.5) is 0 Å². The lowest BCUT2D eigenvalue weighted by Gasteiger charge is -2.47. The topological polar surface area (TPSA) is 113 Å². The van der Waals surface area contributed by atoms with Crippen LogP contribution < -0.4 is 4.72 Å². The summed E-state index contributed by atoms with van der Waals surface area (Å²) in [4.78, 5) is 10.9. The van der Waals surface area contributed by atoms with Crippen LogP contribution in [0.15, 0.2) is 17.0 Å². The van der Waals surface area contributed by atoms with Gasteiger partial charge in [-0.1, -0.05) is 12.8 Å². The largest absolute Gasteiger partial charge is 0.506 e. The normalized spacial score (nSPS) is 28.7. The van der Waals surface area contributed by atoms with E-state index in [2.05, 4.69) is 4.72 Å². The van der Waals surface area contributed by atoms with E-state index in [9.17, 15) is 23.4 Å². The Kier molecular flexibility index (Phi) is 5.02. The molecule has 8 heteroatoms. The minimum Gasteiger partial charge on any atom is -0.506 e. The molecule has 7 nitrogen and oxygen atoms in total. The molecule has 1 aromatic rings. The van der Waals surface area contributed by atoms with Gasteiger partial charge >= 0.3 is 5.97 Å². The predicted molar refractivity (Wildman–Crippen MR) is 94.8 cm³/mol. The first-order valence-electron chi connectivity index (χ1n) is 8.80. The zero-order valence-electron chi connectivity index (χ0n) is 15.0. The van der Waals surface area contributed by atoms with Crippen LogP contribution in [0, 0.1) is 12.8 Å². The SMILES string of the molecule is CO[C@]12CCC[C@H](C[C@@H](NS(=O)(=O)c3cc(C)cc(C(=O)O)c3O)C1)C2. The lowest BCUT2D eigenvalue weighted by Crippen LogP contribution is -2.51. The maximum atomic E-state index is 12.9. The third-order valence-corrected chi connectivity index (χ3v) is 7.17. The highest BCUT2D eigenvalue weighted by atomic mass is 32.2. The first-order valence-corrected chi connectivity index (χ1v) is 10.3. The van der Waals surface area contributed by atoms with E-state index < -0.39 is 32.2 Å². The van der Waals surface area contributed by atoms with Crippen LogP contribution in [0.3, 0.4) is 0 Å². The number of carboxylic acids is 1. The second-order valence-corrected chi connectivity index (χ2v) is 9.25. The van der Waals surface area contributed by atoms with Crippen LogP contribution in [0.25, 0.3) is 0 Å². The summed E-state index contributed by atoms with van der Waals surface area (Å²) in [5.74, 6) is -1.69. The zero-order chi connectivity index (χ0) is 19.1. The van der Waals surface area contributed by atoms with Crippen molar-refractivity contribution in [2.75, 3.05) is 7.11 Å². The molecule has 0 amide bonds. The lowest BCUT2D eigenvalue weighted by atomic mass is 9.67. The number of aromatic hydroxyl groups is 1. The summed E-state index contributed by atoms with van der Waals surface area (Å²) in [5.41, 5.74) is -0.261. The molecule has 2 bridgehead atoms. The molecule has 0 unspecified atom stereocenters. The van der Waals surface area contributed by atoms with E-state index in [1.807, 2.05) is 0 Å². The van der Waals surface area contributed by atoms with Crippen molar-refractivity contribution >= 4 is 16.0 Å². The van der Waals surface area contributed by atoms with Crippen LogP contribution in [-0.2, 0) is 14.8 Å². The molecule has 1 aromatic carbocycles. The van der Waals surface area contributed by atoms with Gasteiger partial charge in [0, 0.05) is 13.2 Å². The summed E-state index contributed by atoms with van der Waals surface area (Å²) >= 11 is 0. The van der Waals surface area contributed by atoms with Crippen molar-refractivity contribution in [2.45, 2.75) is 62.0 Å². The van der Waals surface area contributed by atoms with Gasteiger partial charge in [-0.15, -0.1) is 0 Å². The van der Waals surface area contributed by atoms with Crippen LogP contribution in [0.2, 0.25) is 0 Å².